The molecule has 4 aromatic heterocycles. The molecule has 4 heterocycles. The number of H-pyrrole nitrogens is 2. The van der Waals surface area contributed by atoms with Gasteiger partial charge in [-0.1, -0.05) is 0 Å². The van der Waals surface area contributed by atoms with Crippen LogP contribution in [0.4, 0.5) is 23.5 Å². The van der Waals surface area contributed by atoms with Gasteiger partial charge in [-0.15, -0.1) is 0 Å². The van der Waals surface area contributed by atoms with Crippen molar-refractivity contribution in [3.8, 4) is 0 Å². The summed E-state index contributed by atoms with van der Waals surface area (Å²) in [6.07, 6.45) is 1.52. The van der Waals surface area contributed by atoms with E-state index in [1.54, 1.807) is 14.1 Å². The molecular weight excluding hydrogens is 524 g/mol. The third-order valence-electron chi connectivity index (χ3n) is 6.40. The number of nitrogen functional groups attached to an aromatic ring is 2. The molecule has 0 bridgehead atoms. The van der Waals surface area contributed by atoms with E-state index in [1.165, 1.54) is 9.13 Å². The topological polar surface area (TPSA) is 267 Å². The van der Waals surface area contributed by atoms with E-state index in [-0.39, 0.29) is 58.7 Å². The highest BCUT2D eigenvalue weighted by atomic mass is 16.2. The first kappa shape index (κ1) is 28.2. The zero-order valence-corrected chi connectivity index (χ0v) is 22.2. The van der Waals surface area contributed by atoms with Gasteiger partial charge in [0, 0.05) is 40.3 Å². The van der Waals surface area contributed by atoms with Gasteiger partial charge in [0.25, 0.3) is 11.1 Å². The molecule has 0 aliphatic heterocycles. The molecule has 0 spiro atoms. The summed E-state index contributed by atoms with van der Waals surface area (Å²) in [5.74, 6) is -0.0841. The molecule has 0 atom stereocenters. The monoisotopic (exact) mass is 556 g/mol. The Labute approximate surface area is 225 Å². The van der Waals surface area contributed by atoms with Gasteiger partial charge >= 0.3 is 11.4 Å². The molecule has 10 N–H and O–H groups in total. The minimum absolute atomic E-state index is 0.0101. The van der Waals surface area contributed by atoms with Gasteiger partial charge in [-0.3, -0.25) is 33.6 Å². The summed E-state index contributed by atoms with van der Waals surface area (Å²) in [6.45, 7) is 2.01. The van der Waals surface area contributed by atoms with Crippen molar-refractivity contribution in [2.24, 2.45) is 5.73 Å². The Morgan fingerprint density at radius 2 is 1.18 bits per heavy atom. The first-order chi connectivity index (χ1) is 19.2. The van der Waals surface area contributed by atoms with Gasteiger partial charge in [0.2, 0.25) is 11.9 Å². The summed E-state index contributed by atoms with van der Waals surface area (Å²) in [7, 11) is 3.16. The molecule has 0 saturated carbocycles. The van der Waals surface area contributed by atoms with E-state index < -0.39 is 22.5 Å². The van der Waals surface area contributed by atoms with E-state index in [0.717, 1.165) is 12.8 Å². The van der Waals surface area contributed by atoms with Crippen molar-refractivity contribution in [3.63, 3.8) is 0 Å². The van der Waals surface area contributed by atoms with Gasteiger partial charge in [0.15, 0.2) is 11.3 Å². The molecule has 18 heteroatoms. The molecule has 0 fully saturated rings. The molecular formula is C22H32N14O4. The lowest BCUT2D eigenvalue weighted by molar-refractivity contribution is 0.247. The number of fused-ring (bicyclic) bond motifs is 2. The predicted octanol–water partition coefficient (Wildman–Crippen LogP) is -2.74. The molecule has 0 saturated heterocycles. The lowest BCUT2D eigenvalue weighted by Gasteiger charge is -2.23. The zero-order valence-electron chi connectivity index (χ0n) is 22.2. The maximum Gasteiger partial charge on any atom is 0.351 e. The van der Waals surface area contributed by atoms with Crippen molar-refractivity contribution < 1.29 is 0 Å². The van der Waals surface area contributed by atoms with Crippen LogP contribution in [0.3, 0.4) is 0 Å². The summed E-state index contributed by atoms with van der Waals surface area (Å²) >= 11 is 0. The normalized spacial score (nSPS) is 11.5. The number of hydrogen-bond acceptors (Lipinski definition) is 14. The highest BCUT2D eigenvalue weighted by Crippen LogP contribution is 2.14. The van der Waals surface area contributed by atoms with E-state index in [2.05, 4.69) is 40.5 Å². The van der Waals surface area contributed by atoms with E-state index in [1.807, 2.05) is 4.90 Å². The van der Waals surface area contributed by atoms with Gasteiger partial charge < -0.3 is 27.8 Å². The van der Waals surface area contributed by atoms with Gasteiger partial charge in [0.05, 0.1) is 0 Å². The van der Waals surface area contributed by atoms with E-state index >= 15 is 0 Å². The van der Waals surface area contributed by atoms with Crippen LogP contribution in [0.5, 0.6) is 0 Å². The van der Waals surface area contributed by atoms with E-state index in [0.29, 0.717) is 26.2 Å². The lowest BCUT2D eigenvalue weighted by atomic mass is 10.3. The molecule has 40 heavy (non-hydrogen) atoms. The summed E-state index contributed by atoms with van der Waals surface area (Å²) in [5, 5.41) is 5.52. The largest absolute Gasteiger partial charge is 0.383 e. The quantitative estimate of drug-likeness (QED) is 0.0873. The van der Waals surface area contributed by atoms with Gasteiger partial charge in [-0.25, -0.2) is 9.59 Å². The fraction of sp³-hybridized carbons (Fsp3) is 0.455. The second-order valence-electron chi connectivity index (χ2n) is 8.93. The van der Waals surface area contributed by atoms with Crippen LogP contribution in [0.2, 0.25) is 0 Å². The SMILES string of the molecule is CNc1nc2c(c(N)nc(=O)n2CCN(CCCCN)CCn2c(=O)nc(N)c3c(=O)[nH]c(NC)nc32)c(=O)[nH]1. The minimum atomic E-state index is -0.653. The van der Waals surface area contributed by atoms with Crippen LogP contribution in [-0.2, 0) is 13.1 Å². The molecule has 0 amide bonds. The molecule has 0 aliphatic carbocycles. The molecule has 4 rings (SSSR count). The maximum atomic E-state index is 12.8. The first-order valence-corrected chi connectivity index (χ1v) is 12.6. The molecule has 0 aliphatic rings. The van der Waals surface area contributed by atoms with E-state index in [4.69, 9.17) is 17.2 Å². The van der Waals surface area contributed by atoms with Crippen LogP contribution in [-0.4, -0.2) is 84.2 Å². The predicted molar refractivity (Wildman–Crippen MR) is 151 cm³/mol. The second kappa shape index (κ2) is 11.9. The summed E-state index contributed by atoms with van der Waals surface area (Å²) in [6, 6.07) is 0. The molecule has 4 aromatic rings. The summed E-state index contributed by atoms with van der Waals surface area (Å²) in [5.41, 5.74) is 15.2. The number of hydrogen-bond donors (Lipinski definition) is 7. The Kier molecular flexibility index (Phi) is 8.39. The number of anilines is 4. The van der Waals surface area contributed by atoms with Crippen LogP contribution < -0.4 is 50.3 Å². The van der Waals surface area contributed by atoms with Crippen molar-refractivity contribution in [3.05, 3.63) is 41.7 Å². The number of nitrogens with two attached hydrogens (primary N) is 3. The molecule has 0 unspecified atom stereocenters. The van der Waals surface area contributed by atoms with Crippen LogP contribution in [0, 0.1) is 0 Å². The molecule has 214 valence electrons. The van der Waals surface area contributed by atoms with Crippen molar-refractivity contribution >= 4 is 45.6 Å². The maximum absolute atomic E-state index is 12.8. The Hall–Kier alpha value is -4.84. The third kappa shape index (κ3) is 5.61. The number of unbranched alkanes of at least 4 members (excludes halogenated alkanes) is 1. The Morgan fingerprint density at radius 1 is 0.725 bits per heavy atom. The van der Waals surface area contributed by atoms with Crippen LogP contribution in [0.15, 0.2) is 19.2 Å². The van der Waals surface area contributed by atoms with Gasteiger partial charge in [-0.05, 0) is 25.9 Å². The standard InChI is InChI=1S/C22H32N14O4/c1-26-19-30-15-11(17(37)32-19)13(24)28-21(39)35(15)9-7-34(6-4-3-5-23)8-10-36-16-12(14(25)29-22(36)40)18(38)33-20(27-2)31-16/h3-10,23H2,1-2H3,(H2,24,28,39)(H2,25,29,40)(H2,26,30,32,37)(H2,27,31,33,38). The number of aromatic nitrogens is 8. The van der Waals surface area contributed by atoms with E-state index in [9.17, 15) is 19.2 Å². The van der Waals surface area contributed by atoms with Gasteiger partial charge in [0.1, 0.15) is 22.4 Å². The summed E-state index contributed by atoms with van der Waals surface area (Å²) < 4.78 is 2.56. The Morgan fingerprint density at radius 3 is 1.57 bits per heavy atom. The molecule has 0 aromatic carbocycles. The highest BCUT2D eigenvalue weighted by molar-refractivity contribution is 5.85. The third-order valence-corrected chi connectivity index (χ3v) is 6.40. The van der Waals surface area contributed by atoms with Crippen molar-refractivity contribution in [2.75, 3.05) is 62.4 Å². The first-order valence-electron chi connectivity index (χ1n) is 12.6. The van der Waals surface area contributed by atoms with Crippen molar-refractivity contribution in [1.29, 1.82) is 0 Å². The fourth-order valence-corrected chi connectivity index (χ4v) is 4.33. The van der Waals surface area contributed by atoms with Crippen LogP contribution in [0.1, 0.15) is 12.8 Å². The minimum Gasteiger partial charge on any atom is -0.383 e. The number of nitrogens with one attached hydrogen (secondary N) is 4. The second-order valence-corrected chi connectivity index (χ2v) is 8.93. The molecule has 0 radical (unpaired) electrons. The van der Waals surface area contributed by atoms with Crippen molar-refractivity contribution in [2.45, 2.75) is 25.9 Å². The van der Waals surface area contributed by atoms with Gasteiger partial charge in [-0.2, -0.15) is 19.9 Å². The number of nitrogens with zero attached hydrogens (tertiary/aromatic N) is 7. The van der Waals surface area contributed by atoms with Crippen LogP contribution >= 0.6 is 0 Å². The zero-order chi connectivity index (χ0) is 29.0. The Bertz CT molecular complexity index is 1650. The average molecular weight is 557 g/mol. The fourth-order valence-electron chi connectivity index (χ4n) is 4.33. The highest BCUT2D eigenvalue weighted by Gasteiger charge is 2.18. The van der Waals surface area contributed by atoms with Crippen molar-refractivity contribution in [1.82, 2.24) is 43.9 Å². The van der Waals surface area contributed by atoms with Crippen LogP contribution in [0.25, 0.3) is 22.1 Å². The smallest absolute Gasteiger partial charge is 0.351 e. The lowest BCUT2D eigenvalue weighted by Crippen LogP contribution is -2.38. The summed E-state index contributed by atoms with van der Waals surface area (Å²) in [4.78, 5) is 74.1. The Balaban J connectivity index is 1.66. The number of rotatable bonds is 12. The average Bonchev–Trinajstić information content (AvgIpc) is 2.91. The molecule has 18 nitrogen and oxygen atoms in total. The number of aromatic amines is 2.